The van der Waals surface area contributed by atoms with Gasteiger partial charge in [0.2, 0.25) is 0 Å². The van der Waals surface area contributed by atoms with E-state index >= 15 is 0 Å². The third kappa shape index (κ3) is 11.6. The maximum Gasteiger partial charge on any atom is 0.261 e. The standard InChI is InChI=1S/C11H20N2.CH4O3S/c1-3-5-6-11(4-2)9-13-8-7-12-10-13;1-5(2,3)4/h7-8,10-11H,3-6,9H2,1-2H3;1H3,(H,2,3,4). The first-order chi connectivity index (χ1) is 8.36. The van der Waals surface area contributed by atoms with Crippen LogP contribution in [0.25, 0.3) is 0 Å². The van der Waals surface area contributed by atoms with Crippen molar-refractivity contribution < 1.29 is 13.0 Å². The molecular formula is C12H24N2O3S. The van der Waals surface area contributed by atoms with Gasteiger partial charge in [-0.1, -0.05) is 33.1 Å². The summed E-state index contributed by atoms with van der Waals surface area (Å²) in [6, 6.07) is 0. The van der Waals surface area contributed by atoms with Crippen LogP contribution in [0.3, 0.4) is 0 Å². The fraction of sp³-hybridized carbons (Fsp3) is 0.750. The molecule has 106 valence electrons. The molecular weight excluding hydrogens is 252 g/mol. The molecule has 18 heavy (non-hydrogen) atoms. The van der Waals surface area contributed by atoms with Gasteiger partial charge in [-0.2, -0.15) is 8.42 Å². The van der Waals surface area contributed by atoms with Crippen molar-refractivity contribution in [3.63, 3.8) is 0 Å². The third-order valence-electron chi connectivity index (χ3n) is 2.57. The topological polar surface area (TPSA) is 72.2 Å². The van der Waals surface area contributed by atoms with Crippen LogP contribution in [0, 0.1) is 5.92 Å². The molecule has 0 radical (unpaired) electrons. The molecule has 1 unspecified atom stereocenters. The van der Waals surface area contributed by atoms with Crippen LogP contribution in [0.5, 0.6) is 0 Å². The number of rotatable bonds is 6. The summed E-state index contributed by atoms with van der Waals surface area (Å²) in [5, 5.41) is 0. The average Bonchev–Trinajstić information content (AvgIpc) is 2.74. The van der Waals surface area contributed by atoms with Gasteiger partial charge in [0.25, 0.3) is 10.1 Å². The number of nitrogens with zero attached hydrogens (tertiary/aromatic N) is 2. The summed E-state index contributed by atoms with van der Waals surface area (Å²) in [5.74, 6) is 0.828. The van der Waals surface area contributed by atoms with E-state index in [2.05, 4.69) is 29.6 Å². The summed E-state index contributed by atoms with van der Waals surface area (Å²) < 4.78 is 28.1. The van der Waals surface area contributed by atoms with E-state index in [1.165, 1.54) is 25.7 Å². The van der Waals surface area contributed by atoms with Crippen molar-refractivity contribution in [3.8, 4) is 0 Å². The zero-order valence-electron chi connectivity index (χ0n) is 11.4. The van der Waals surface area contributed by atoms with Gasteiger partial charge in [0.05, 0.1) is 12.6 Å². The van der Waals surface area contributed by atoms with Gasteiger partial charge in [-0.05, 0) is 12.3 Å². The van der Waals surface area contributed by atoms with E-state index in [4.69, 9.17) is 4.55 Å². The van der Waals surface area contributed by atoms with E-state index in [-0.39, 0.29) is 0 Å². The number of aromatic nitrogens is 2. The van der Waals surface area contributed by atoms with Gasteiger partial charge in [0.15, 0.2) is 0 Å². The molecule has 1 atom stereocenters. The Morgan fingerprint density at radius 3 is 2.39 bits per heavy atom. The number of imidazole rings is 1. The van der Waals surface area contributed by atoms with Crippen molar-refractivity contribution >= 4 is 10.1 Å². The van der Waals surface area contributed by atoms with E-state index in [9.17, 15) is 8.42 Å². The molecule has 0 aliphatic rings. The molecule has 0 aromatic carbocycles. The summed E-state index contributed by atoms with van der Waals surface area (Å²) in [4.78, 5) is 4.05. The molecule has 0 spiro atoms. The Balaban J connectivity index is 0.000000494. The lowest BCUT2D eigenvalue weighted by atomic mass is 9.99. The normalized spacial score (nSPS) is 12.7. The van der Waals surface area contributed by atoms with Crippen molar-refractivity contribution in [2.75, 3.05) is 6.26 Å². The van der Waals surface area contributed by atoms with Crippen molar-refractivity contribution in [2.45, 2.75) is 46.1 Å². The zero-order valence-corrected chi connectivity index (χ0v) is 12.2. The maximum absolute atomic E-state index is 9.19. The smallest absolute Gasteiger partial charge is 0.261 e. The minimum Gasteiger partial charge on any atom is -0.337 e. The van der Waals surface area contributed by atoms with Crippen molar-refractivity contribution in [3.05, 3.63) is 18.7 Å². The van der Waals surface area contributed by atoms with Crippen LogP contribution < -0.4 is 0 Å². The Labute approximate surface area is 110 Å². The molecule has 0 aliphatic heterocycles. The van der Waals surface area contributed by atoms with Crippen molar-refractivity contribution in [2.24, 2.45) is 5.92 Å². The van der Waals surface area contributed by atoms with Crippen LogP contribution in [0.4, 0.5) is 0 Å². The van der Waals surface area contributed by atoms with Crippen molar-refractivity contribution in [1.82, 2.24) is 9.55 Å². The molecule has 1 aromatic heterocycles. The Bertz CT molecular complexity index is 379. The van der Waals surface area contributed by atoms with Crippen LogP contribution in [0.15, 0.2) is 18.7 Å². The van der Waals surface area contributed by atoms with Gasteiger partial charge in [0, 0.05) is 18.9 Å². The molecule has 0 aliphatic carbocycles. The minimum atomic E-state index is -3.67. The molecule has 1 N–H and O–H groups in total. The molecule has 0 bridgehead atoms. The third-order valence-corrected chi connectivity index (χ3v) is 2.57. The van der Waals surface area contributed by atoms with E-state index in [1.54, 1.807) is 0 Å². The predicted octanol–water partition coefficient (Wildman–Crippen LogP) is 2.60. The van der Waals surface area contributed by atoms with E-state index < -0.39 is 10.1 Å². The average molecular weight is 276 g/mol. The lowest BCUT2D eigenvalue weighted by Gasteiger charge is -2.14. The lowest BCUT2D eigenvalue weighted by molar-refractivity contribution is 0.390. The monoisotopic (exact) mass is 276 g/mol. The minimum absolute atomic E-state index is 0.715. The molecule has 0 amide bonds. The van der Waals surface area contributed by atoms with Gasteiger partial charge in [0.1, 0.15) is 0 Å². The summed E-state index contributed by atoms with van der Waals surface area (Å²) in [7, 11) is -3.67. The number of hydrogen-bond acceptors (Lipinski definition) is 3. The van der Waals surface area contributed by atoms with Gasteiger partial charge in [-0.3, -0.25) is 4.55 Å². The largest absolute Gasteiger partial charge is 0.337 e. The molecule has 1 aromatic rings. The first kappa shape index (κ1) is 17.1. The predicted molar refractivity (Wildman–Crippen MR) is 73.0 cm³/mol. The Morgan fingerprint density at radius 1 is 1.39 bits per heavy atom. The molecule has 6 heteroatoms. The van der Waals surface area contributed by atoms with Crippen LogP contribution in [0.2, 0.25) is 0 Å². The molecule has 0 fully saturated rings. The fourth-order valence-electron chi connectivity index (χ4n) is 1.61. The number of unbranched alkanes of at least 4 members (excludes halogenated alkanes) is 1. The molecule has 1 heterocycles. The first-order valence-corrected chi connectivity index (χ1v) is 8.09. The first-order valence-electron chi connectivity index (χ1n) is 6.25. The SMILES string of the molecule is CCCCC(CC)Cn1ccnc1.CS(=O)(=O)O. The molecule has 0 saturated carbocycles. The maximum atomic E-state index is 9.19. The van der Waals surface area contributed by atoms with Crippen LogP contribution >= 0.6 is 0 Å². The van der Waals surface area contributed by atoms with Crippen LogP contribution in [-0.4, -0.2) is 28.8 Å². The highest BCUT2D eigenvalue weighted by molar-refractivity contribution is 7.85. The van der Waals surface area contributed by atoms with Gasteiger partial charge in [-0.25, -0.2) is 4.98 Å². The number of hydrogen-bond donors (Lipinski definition) is 1. The van der Waals surface area contributed by atoms with Crippen molar-refractivity contribution in [1.29, 1.82) is 0 Å². The fourth-order valence-corrected chi connectivity index (χ4v) is 1.61. The van der Waals surface area contributed by atoms with E-state index in [0.717, 1.165) is 12.5 Å². The zero-order chi connectivity index (χ0) is 14.0. The summed E-state index contributed by atoms with van der Waals surface area (Å²) in [5.41, 5.74) is 0. The summed E-state index contributed by atoms with van der Waals surface area (Å²) in [6.07, 6.45) is 11.8. The second-order valence-corrected chi connectivity index (χ2v) is 5.88. The highest BCUT2D eigenvalue weighted by Gasteiger charge is 2.05. The lowest BCUT2D eigenvalue weighted by Crippen LogP contribution is -2.08. The highest BCUT2D eigenvalue weighted by Crippen LogP contribution is 2.14. The van der Waals surface area contributed by atoms with Crippen LogP contribution in [-0.2, 0) is 16.7 Å². The molecule has 1 rings (SSSR count). The Kier molecular flexibility index (Phi) is 8.66. The van der Waals surface area contributed by atoms with E-state index in [0.29, 0.717) is 6.26 Å². The quantitative estimate of drug-likeness (QED) is 0.811. The summed E-state index contributed by atoms with van der Waals surface area (Å²) >= 11 is 0. The van der Waals surface area contributed by atoms with Crippen LogP contribution in [0.1, 0.15) is 39.5 Å². The van der Waals surface area contributed by atoms with Gasteiger partial charge < -0.3 is 4.57 Å². The molecule has 5 nitrogen and oxygen atoms in total. The highest BCUT2D eigenvalue weighted by atomic mass is 32.2. The van der Waals surface area contributed by atoms with E-state index in [1.807, 2.05) is 12.5 Å². The Hall–Kier alpha value is -0.880. The van der Waals surface area contributed by atoms with Gasteiger partial charge in [-0.15, -0.1) is 0 Å². The second-order valence-electron chi connectivity index (χ2n) is 4.41. The van der Waals surface area contributed by atoms with Gasteiger partial charge >= 0.3 is 0 Å². The second kappa shape index (κ2) is 9.10. The Morgan fingerprint density at radius 2 is 2.00 bits per heavy atom. The molecule has 0 saturated heterocycles. The summed E-state index contributed by atoms with van der Waals surface area (Å²) in [6.45, 7) is 5.66.